The highest BCUT2D eigenvalue weighted by atomic mass is 79.9. The van der Waals surface area contributed by atoms with Crippen LogP contribution in [-0.4, -0.2) is 25.5 Å². The van der Waals surface area contributed by atoms with Gasteiger partial charge in [0, 0.05) is 29.8 Å². The third-order valence-electron chi connectivity index (χ3n) is 6.25. The standard InChI is InChI=1S/C23H27BrN2O/c24-20-10-8-19(9-11-20)23(13-4-5-14-23)22(27)25-16-18-12-15-26(17-18)21-6-2-1-3-7-21/h1-3,6-11,18H,4-5,12-17H2,(H,25,27). The van der Waals surface area contributed by atoms with Crippen LogP contribution in [0.5, 0.6) is 0 Å². The van der Waals surface area contributed by atoms with Crippen molar-refractivity contribution in [2.75, 3.05) is 24.5 Å². The van der Waals surface area contributed by atoms with Gasteiger partial charge in [-0.05, 0) is 55.0 Å². The summed E-state index contributed by atoms with van der Waals surface area (Å²) in [7, 11) is 0. The Labute approximate surface area is 170 Å². The Morgan fingerprint density at radius 1 is 1.07 bits per heavy atom. The maximum atomic E-state index is 13.2. The molecule has 4 heteroatoms. The zero-order valence-corrected chi connectivity index (χ0v) is 17.2. The Morgan fingerprint density at radius 2 is 1.78 bits per heavy atom. The SMILES string of the molecule is O=C(NCC1CCN(c2ccccc2)C1)C1(c2ccc(Br)cc2)CCCC1. The van der Waals surface area contributed by atoms with Crippen LogP contribution in [-0.2, 0) is 10.2 Å². The predicted molar refractivity (Wildman–Crippen MR) is 114 cm³/mol. The summed E-state index contributed by atoms with van der Waals surface area (Å²) in [4.78, 5) is 15.7. The molecule has 1 unspecified atom stereocenters. The van der Waals surface area contributed by atoms with E-state index in [1.165, 1.54) is 5.69 Å². The van der Waals surface area contributed by atoms with Gasteiger partial charge in [0.25, 0.3) is 0 Å². The molecule has 0 aromatic heterocycles. The number of nitrogens with zero attached hydrogens (tertiary/aromatic N) is 1. The number of carbonyl (C=O) groups excluding carboxylic acids is 1. The van der Waals surface area contributed by atoms with Crippen molar-refractivity contribution in [3.8, 4) is 0 Å². The molecule has 1 saturated heterocycles. The van der Waals surface area contributed by atoms with E-state index in [0.717, 1.165) is 61.8 Å². The Morgan fingerprint density at radius 3 is 2.48 bits per heavy atom. The monoisotopic (exact) mass is 426 g/mol. The zero-order valence-electron chi connectivity index (χ0n) is 15.7. The minimum atomic E-state index is -0.335. The number of halogens is 1. The van der Waals surface area contributed by atoms with Gasteiger partial charge >= 0.3 is 0 Å². The van der Waals surface area contributed by atoms with Crippen molar-refractivity contribution in [3.63, 3.8) is 0 Å². The molecule has 1 amide bonds. The topological polar surface area (TPSA) is 32.3 Å². The van der Waals surface area contributed by atoms with Crippen LogP contribution in [0.1, 0.15) is 37.7 Å². The van der Waals surface area contributed by atoms with Gasteiger partial charge in [-0.3, -0.25) is 4.79 Å². The second-order valence-corrected chi connectivity index (χ2v) is 8.86. The van der Waals surface area contributed by atoms with Crippen LogP contribution < -0.4 is 10.2 Å². The first-order valence-corrected chi connectivity index (χ1v) is 10.8. The van der Waals surface area contributed by atoms with Gasteiger partial charge < -0.3 is 10.2 Å². The minimum Gasteiger partial charge on any atom is -0.371 e. The summed E-state index contributed by atoms with van der Waals surface area (Å²) in [5, 5.41) is 3.32. The molecule has 2 fully saturated rings. The summed E-state index contributed by atoms with van der Waals surface area (Å²) < 4.78 is 1.06. The van der Waals surface area contributed by atoms with Crippen LogP contribution in [0.4, 0.5) is 5.69 Å². The number of hydrogen-bond donors (Lipinski definition) is 1. The lowest BCUT2D eigenvalue weighted by atomic mass is 9.78. The van der Waals surface area contributed by atoms with E-state index in [2.05, 4.69) is 80.7 Å². The van der Waals surface area contributed by atoms with Gasteiger partial charge in [0.2, 0.25) is 5.91 Å². The molecule has 27 heavy (non-hydrogen) atoms. The van der Waals surface area contributed by atoms with Crippen LogP contribution in [0.15, 0.2) is 59.1 Å². The molecule has 1 heterocycles. The lowest BCUT2D eigenvalue weighted by molar-refractivity contribution is -0.126. The van der Waals surface area contributed by atoms with Gasteiger partial charge in [-0.2, -0.15) is 0 Å². The highest BCUT2D eigenvalue weighted by Gasteiger charge is 2.42. The lowest BCUT2D eigenvalue weighted by Crippen LogP contribution is -2.44. The van der Waals surface area contributed by atoms with Crippen molar-refractivity contribution in [2.24, 2.45) is 5.92 Å². The molecule has 1 saturated carbocycles. The fraction of sp³-hybridized carbons (Fsp3) is 0.435. The van der Waals surface area contributed by atoms with E-state index in [0.29, 0.717) is 5.92 Å². The van der Waals surface area contributed by atoms with Gasteiger partial charge in [0.05, 0.1) is 5.41 Å². The van der Waals surface area contributed by atoms with E-state index in [4.69, 9.17) is 0 Å². The summed E-state index contributed by atoms with van der Waals surface area (Å²) in [5.41, 5.74) is 2.12. The van der Waals surface area contributed by atoms with Gasteiger partial charge in [-0.15, -0.1) is 0 Å². The third kappa shape index (κ3) is 3.91. The molecule has 2 aromatic carbocycles. The van der Waals surface area contributed by atoms with Crippen LogP contribution in [0.3, 0.4) is 0 Å². The second kappa shape index (κ2) is 8.05. The summed E-state index contributed by atoms with van der Waals surface area (Å²) in [5.74, 6) is 0.748. The average molecular weight is 427 g/mol. The zero-order chi connectivity index (χ0) is 18.7. The molecule has 0 bridgehead atoms. The third-order valence-corrected chi connectivity index (χ3v) is 6.78. The molecule has 1 N–H and O–H groups in total. The first-order chi connectivity index (χ1) is 13.2. The molecule has 4 rings (SSSR count). The van der Waals surface area contributed by atoms with Crippen molar-refractivity contribution >= 4 is 27.5 Å². The van der Waals surface area contributed by atoms with E-state index in [-0.39, 0.29) is 11.3 Å². The number of benzene rings is 2. The maximum Gasteiger partial charge on any atom is 0.230 e. The molecule has 2 aromatic rings. The van der Waals surface area contributed by atoms with Gasteiger partial charge in [0.15, 0.2) is 0 Å². The number of amides is 1. The summed E-state index contributed by atoms with van der Waals surface area (Å²) in [6.45, 7) is 2.87. The van der Waals surface area contributed by atoms with E-state index in [1.807, 2.05) is 0 Å². The van der Waals surface area contributed by atoms with E-state index < -0.39 is 0 Å². The van der Waals surface area contributed by atoms with Gasteiger partial charge in [-0.25, -0.2) is 0 Å². The van der Waals surface area contributed by atoms with Crippen molar-refractivity contribution in [1.82, 2.24) is 5.32 Å². The van der Waals surface area contributed by atoms with Crippen LogP contribution >= 0.6 is 15.9 Å². The fourth-order valence-electron chi connectivity index (χ4n) is 4.67. The van der Waals surface area contributed by atoms with Crippen molar-refractivity contribution in [1.29, 1.82) is 0 Å². The quantitative estimate of drug-likeness (QED) is 0.736. The van der Waals surface area contributed by atoms with Crippen molar-refractivity contribution < 1.29 is 4.79 Å². The van der Waals surface area contributed by atoms with Gasteiger partial charge in [-0.1, -0.05) is 59.1 Å². The van der Waals surface area contributed by atoms with E-state index >= 15 is 0 Å². The van der Waals surface area contributed by atoms with Crippen LogP contribution in [0.2, 0.25) is 0 Å². The van der Waals surface area contributed by atoms with Crippen LogP contribution in [0.25, 0.3) is 0 Å². The van der Waals surface area contributed by atoms with Gasteiger partial charge in [0.1, 0.15) is 0 Å². The first kappa shape index (κ1) is 18.5. The smallest absolute Gasteiger partial charge is 0.230 e. The average Bonchev–Trinajstić information content (AvgIpc) is 3.38. The molecular weight excluding hydrogens is 400 g/mol. The van der Waals surface area contributed by atoms with E-state index in [1.54, 1.807) is 0 Å². The molecule has 3 nitrogen and oxygen atoms in total. The number of para-hydroxylation sites is 1. The number of carbonyl (C=O) groups is 1. The molecule has 1 atom stereocenters. The minimum absolute atomic E-state index is 0.223. The molecule has 0 spiro atoms. The number of anilines is 1. The number of rotatable bonds is 5. The largest absolute Gasteiger partial charge is 0.371 e. The molecule has 0 radical (unpaired) electrons. The van der Waals surface area contributed by atoms with Crippen molar-refractivity contribution in [2.45, 2.75) is 37.5 Å². The second-order valence-electron chi connectivity index (χ2n) is 7.94. The molecular formula is C23H27BrN2O. The normalized spacial score (nSPS) is 21.4. The molecule has 1 aliphatic heterocycles. The molecule has 1 aliphatic carbocycles. The summed E-state index contributed by atoms with van der Waals surface area (Å²) in [6.07, 6.45) is 5.33. The lowest BCUT2D eigenvalue weighted by Gasteiger charge is -2.29. The Bertz CT molecular complexity index is 769. The number of hydrogen-bond acceptors (Lipinski definition) is 2. The first-order valence-electron chi connectivity index (χ1n) is 10.0. The Hall–Kier alpha value is -1.81. The highest BCUT2D eigenvalue weighted by molar-refractivity contribution is 9.10. The molecule has 142 valence electrons. The Kier molecular flexibility index (Phi) is 5.53. The maximum absolute atomic E-state index is 13.2. The van der Waals surface area contributed by atoms with E-state index in [9.17, 15) is 4.79 Å². The van der Waals surface area contributed by atoms with Crippen LogP contribution in [0, 0.1) is 5.92 Å². The predicted octanol–water partition coefficient (Wildman–Crippen LogP) is 4.90. The molecule has 2 aliphatic rings. The summed E-state index contributed by atoms with van der Waals surface area (Å²) >= 11 is 3.50. The fourth-order valence-corrected chi connectivity index (χ4v) is 4.94. The van der Waals surface area contributed by atoms with Crippen molar-refractivity contribution in [3.05, 3.63) is 64.6 Å². The Balaban J connectivity index is 1.39. The number of nitrogens with one attached hydrogen (secondary N) is 1. The summed E-state index contributed by atoms with van der Waals surface area (Å²) in [6, 6.07) is 18.9. The highest BCUT2D eigenvalue weighted by Crippen LogP contribution is 2.41.